The van der Waals surface area contributed by atoms with Crippen LogP contribution in [0.25, 0.3) is 5.57 Å². The lowest BCUT2D eigenvalue weighted by atomic mass is 9.88. The maximum atomic E-state index is 11.7. The Bertz CT molecular complexity index is 472. The molecule has 0 bridgehead atoms. The Balaban J connectivity index is 2.18. The van der Waals surface area contributed by atoms with E-state index in [4.69, 9.17) is 4.74 Å². The van der Waals surface area contributed by atoms with Crippen molar-refractivity contribution in [1.82, 2.24) is 0 Å². The van der Waals surface area contributed by atoms with Crippen LogP contribution in [0.3, 0.4) is 0 Å². The second-order valence-corrected chi connectivity index (χ2v) is 5.09. The van der Waals surface area contributed by atoms with E-state index in [2.05, 4.69) is 24.3 Å². The highest BCUT2D eigenvalue weighted by Crippen LogP contribution is 2.30. The number of hydrogen-bond donors (Lipinski definition) is 0. The summed E-state index contributed by atoms with van der Waals surface area (Å²) in [7, 11) is 0. The number of rotatable bonds is 3. The largest absolute Gasteiger partial charge is 0.458 e. The Hall–Kier alpha value is -1.57. The summed E-state index contributed by atoms with van der Waals surface area (Å²) in [6, 6.07) is 8.36. The van der Waals surface area contributed by atoms with E-state index in [0.717, 1.165) is 18.4 Å². The summed E-state index contributed by atoms with van der Waals surface area (Å²) in [5.74, 6) is -0.210. The van der Waals surface area contributed by atoms with E-state index in [-0.39, 0.29) is 18.0 Å². The molecule has 1 aromatic carbocycles. The predicted molar refractivity (Wildman–Crippen MR) is 73.1 cm³/mol. The minimum absolute atomic E-state index is 0.0770. The van der Waals surface area contributed by atoms with Crippen molar-refractivity contribution in [2.45, 2.75) is 39.7 Å². The molecule has 2 heteroatoms. The van der Waals surface area contributed by atoms with Crippen LogP contribution in [-0.4, -0.2) is 12.1 Å². The third-order valence-corrected chi connectivity index (χ3v) is 3.31. The second-order valence-electron chi connectivity index (χ2n) is 5.09. The molecule has 0 heterocycles. The molecule has 0 unspecified atom stereocenters. The van der Waals surface area contributed by atoms with Gasteiger partial charge in [-0.2, -0.15) is 0 Å². The molecule has 1 atom stereocenters. The molecule has 1 aliphatic rings. The van der Waals surface area contributed by atoms with Gasteiger partial charge in [0.15, 0.2) is 0 Å². The molecule has 1 aromatic rings. The van der Waals surface area contributed by atoms with Crippen LogP contribution in [0.15, 0.2) is 30.3 Å². The highest BCUT2D eigenvalue weighted by molar-refractivity contribution is 5.77. The number of hydrogen-bond acceptors (Lipinski definition) is 2. The Kier molecular flexibility index (Phi) is 3.85. The van der Waals surface area contributed by atoms with Gasteiger partial charge in [-0.05, 0) is 36.5 Å². The van der Waals surface area contributed by atoms with Crippen molar-refractivity contribution in [3.8, 4) is 0 Å². The highest BCUT2D eigenvalue weighted by Gasteiger charge is 2.21. The van der Waals surface area contributed by atoms with Crippen LogP contribution < -0.4 is 0 Å². The first kappa shape index (κ1) is 12.9. The van der Waals surface area contributed by atoms with Crippen LogP contribution in [0.1, 0.15) is 38.3 Å². The standard InChI is InChI=1S/C16H20O2/c1-11(2)16(17)18-12(3)14-10-6-8-13-7-4-5-9-15(13)14/h4-5,7,9-12H,6,8H2,1-3H3/t12-/m1/s1. The van der Waals surface area contributed by atoms with Crippen LogP contribution in [-0.2, 0) is 16.0 Å². The molecule has 0 radical (unpaired) electrons. The van der Waals surface area contributed by atoms with Crippen molar-refractivity contribution in [1.29, 1.82) is 0 Å². The van der Waals surface area contributed by atoms with Gasteiger partial charge < -0.3 is 4.74 Å². The fraction of sp³-hybridized carbons (Fsp3) is 0.438. The predicted octanol–water partition coefficient (Wildman–Crippen LogP) is 3.60. The lowest BCUT2D eigenvalue weighted by molar-refractivity contribution is -0.149. The molecule has 2 rings (SSSR count). The van der Waals surface area contributed by atoms with Crippen molar-refractivity contribution in [3.63, 3.8) is 0 Å². The van der Waals surface area contributed by atoms with Gasteiger partial charge in [-0.25, -0.2) is 0 Å². The van der Waals surface area contributed by atoms with E-state index in [1.54, 1.807) is 0 Å². The van der Waals surface area contributed by atoms with E-state index in [1.807, 2.05) is 26.8 Å². The van der Waals surface area contributed by atoms with Gasteiger partial charge in [0.2, 0.25) is 0 Å². The average Bonchev–Trinajstić information content (AvgIpc) is 2.37. The molecule has 0 amide bonds. The Morgan fingerprint density at radius 2 is 1.94 bits per heavy atom. The highest BCUT2D eigenvalue weighted by atomic mass is 16.5. The monoisotopic (exact) mass is 244 g/mol. The number of ether oxygens (including phenoxy) is 1. The van der Waals surface area contributed by atoms with Crippen molar-refractivity contribution in [2.24, 2.45) is 5.92 Å². The van der Waals surface area contributed by atoms with Gasteiger partial charge in [0, 0.05) is 0 Å². The second kappa shape index (κ2) is 5.38. The number of allylic oxidation sites excluding steroid dienone is 1. The summed E-state index contributed by atoms with van der Waals surface area (Å²) in [5.41, 5.74) is 3.72. The van der Waals surface area contributed by atoms with Gasteiger partial charge in [0.25, 0.3) is 0 Å². The van der Waals surface area contributed by atoms with E-state index >= 15 is 0 Å². The topological polar surface area (TPSA) is 26.3 Å². The molecule has 96 valence electrons. The van der Waals surface area contributed by atoms with Crippen molar-refractivity contribution >= 4 is 11.5 Å². The van der Waals surface area contributed by atoms with Crippen molar-refractivity contribution in [3.05, 3.63) is 41.5 Å². The smallest absolute Gasteiger partial charge is 0.308 e. The normalized spacial score (nSPS) is 15.9. The molecule has 0 aliphatic heterocycles. The average molecular weight is 244 g/mol. The van der Waals surface area contributed by atoms with Crippen molar-refractivity contribution < 1.29 is 9.53 Å². The minimum Gasteiger partial charge on any atom is -0.458 e. The lowest BCUT2D eigenvalue weighted by Crippen LogP contribution is -2.21. The van der Waals surface area contributed by atoms with Gasteiger partial charge in [-0.1, -0.05) is 44.2 Å². The van der Waals surface area contributed by atoms with Crippen LogP contribution in [0.4, 0.5) is 0 Å². The summed E-state index contributed by atoms with van der Waals surface area (Å²) < 4.78 is 5.50. The number of esters is 1. The van der Waals surface area contributed by atoms with Gasteiger partial charge in [0.05, 0.1) is 5.92 Å². The summed E-state index contributed by atoms with van der Waals surface area (Å²) in [5, 5.41) is 0. The number of fused-ring (bicyclic) bond motifs is 1. The van der Waals surface area contributed by atoms with Gasteiger partial charge in [-0.15, -0.1) is 0 Å². The first-order valence-corrected chi connectivity index (χ1v) is 6.58. The number of aryl methyl sites for hydroxylation is 1. The molecule has 1 aliphatic carbocycles. The van der Waals surface area contributed by atoms with Crippen LogP contribution >= 0.6 is 0 Å². The summed E-state index contributed by atoms with van der Waals surface area (Å²) in [4.78, 5) is 11.7. The van der Waals surface area contributed by atoms with E-state index < -0.39 is 0 Å². The molecule has 0 saturated carbocycles. The summed E-state index contributed by atoms with van der Waals surface area (Å²) in [6.07, 6.45) is 4.13. The molecular weight excluding hydrogens is 224 g/mol. The third-order valence-electron chi connectivity index (χ3n) is 3.31. The fourth-order valence-corrected chi connectivity index (χ4v) is 2.27. The summed E-state index contributed by atoms with van der Waals surface area (Å²) >= 11 is 0. The van der Waals surface area contributed by atoms with Gasteiger partial charge >= 0.3 is 5.97 Å². The molecule has 18 heavy (non-hydrogen) atoms. The van der Waals surface area contributed by atoms with Gasteiger partial charge in [0.1, 0.15) is 6.10 Å². The van der Waals surface area contributed by atoms with E-state index in [9.17, 15) is 4.79 Å². The molecule has 0 fully saturated rings. The Labute approximate surface area is 109 Å². The number of carbonyl (C=O) groups is 1. The van der Waals surface area contributed by atoms with Crippen LogP contribution in [0.2, 0.25) is 0 Å². The molecule has 0 saturated heterocycles. The minimum atomic E-state index is -0.165. The third kappa shape index (κ3) is 2.63. The van der Waals surface area contributed by atoms with E-state index in [0.29, 0.717) is 0 Å². The molecular formula is C16H20O2. The Morgan fingerprint density at radius 1 is 1.22 bits per heavy atom. The summed E-state index contributed by atoms with van der Waals surface area (Å²) in [6.45, 7) is 5.67. The molecule has 0 aromatic heterocycles. The number of carbonyl (C=O) groups excluding carboxylic acids is 1. The maximum absolute atomic E-state index is 11.7. The maximum Gasteiger partial charge on any atom is 0.308 e. The first-order chi connectivity index (χ1) is 8.59. The molecule has 0 spiro atoms. The zero-order chi connectivity index (χ0) is 13.1. The fourth-order valence-electron chi connectivity index (χ4n) is 2.27. The molecule has 2 nitrogen and oxygen atoms in total. The number of benzene rings is 1. The zero-order valence-electron chi connectivity index (χ0n) is 11.3. The Morgan fingerprint density at radius 3 is 2.67 bits per heavy atom. The van der Waals surface area contributed by atoms with Crippen molar-refractivity contribution in [2.75, 3.05) is 0 Å². The van der Waals surface area contributed by atoms with Crippen LogP contribution in [0.5, 0.6) is 0 Å². The first-order valence-electron chi connectivity index (χ1n) is 6.58. The van der Waals surface area contributed by atoms with Gasteiger partial charge in [-0.3, -0.25) is 4.79 Å². The zero-order valence-corrected chi connectivity index (χ0v) is 11.3. The lowest BCUT2D eigenvalue weighted by Gasteiger charge is -2.23. The van der Waals surface area contributed by atoms with E-state index in [1.165, 1.54) is 11.1 Å². The molecule has 0 N–H and O–H groups in total. The SMILES string of the molecule is CC(C)C(=O)O[C@H](C)C1=CCCc2ccccc21. The quantitative estimate of drug-likeness (QED) is 0.759. The van der Waals surface area contributed by atoms with Crippen LogP contribution in [0, 0.1) is 5.92 Å².